The minimum Gasteiger partial charge on any atom is -0.491 e. The SMILES string of the molecule is CNC(C)c1cc(Br)ccc1OCC1CCC(C)(C)O1. The van der Waals surface area contributed by atoms with Gasteiger partial charge in [0.1, 0.15) is 12.4 Å². The zero-order valence-electron chi connectivity index (χ0n) is 12.7. The third-order valence-corrected chi connectivity index (χ3v) is 4.34. The zero-order valence-corrected chi connectivity index (χ0v) is 14.3. The predicted molar refractivity (Wildman–Crippen MR) is 85.3 cm³/mol. The summed E-state index contributed by atoms with van der Waals surface area (Å²) in [4.78, 5) is 0. The monoisotopic (exact) mass is 341 g/mol. The molecule has 1 N–H and O–H groups in total. The lowest BCUT2D eigenvalue weighted by Gasteiger charge is -2.21. The summed E-state index contributed by atoms with van der Waals surface area (Å²) in [5.41, 5.74) is 1.16. The molecule has 1 fully saturated rings. The normalized spacial score (nSPS) is 22.8. The first-order valence-corrected chi connectivity index (χ1v) is 7.98. The van der Waals surface area contributed by atoms with Crippen LogP contribution in [-0.4, -0.2) is 25.4 Å². The number of ether oxygens (including phenoxy) is 2. The third-order valence-electron chi connectivity index (χ3n) is 3.85. The Bertz CT molecular complexity index is 462. The first-order chi connectivity index (χ1) is 9.41. The van der Waals surface area contributed by atoms with Gasteiger partial charge in [-0.05, 0) is 58.9 Å². The molecule has 1 aromatic rings. The van der Waals surface area contributed by atoms with E-state index in [1.807, 2.05) is 19.2 Å². The second kappa shape index (κ2) is 6.46. The summed E-state index contributed by atoms with van der Waals surface area (Å²) in [5.74, 6) is 0.934. The quantitative estimate of drug-likeness (QED) is 0.875. The van der Waals surface area contributed by atoms with Crippen molar-refractivity contribution in [1.29, 1.82) is 0 Å². The van der Waals surface area contributed by atoms with Crippen molar-refractivity contribution in [3.63, 3.8) is 0 Å². The minimum atomic E-state index is -0.00512. The molecule has 4 heteroatoms. The van der Waals surface area contributed by atoms with Crippen molar-refractivity contribution >= 4 is 15.9 Å². The molecular formula is C16H24BrNO2. The fourth-order valence-corrected chi connectivity index (χ4v) is 2.90. The third kappa shape index (κ3) is 3.96. The minimum absolute atomic E-state index is 0.00512. The molecule has 0 aromatic heterocycles. The van der Waals surface area contributed by atoms with Gasteiger partial charge in [0.05, 0.1) is 11.7 Å². The first-order valence-electron chi connectivity index (χ1n) is 7.18. The van der Waals surface area contributed by atoms with Crippen molar-refractivity contribution in [2.45, 2.75) is 51.4 Å². The van der Waals surface area contributed by atoms with Gasteiger partial charge in [0.15, 0.2) is 0 Å². The van der Waals surface area contributed by atoms with E-state index in [1.165, 1.54) is 5.56 Å². The van der Waals surface area contributed by atoms with Crippen LogP contribution in [0.4, 0.5) is 0 Å². The highest BCUT2D eigenvalue weighted by Gasteiger charge is 2.32. The molecule has 20 heavy (non-hydrogen) atoms. The highest BCUT2D eigenvalue weighted by atomic mass is 79.9. The number of rotatable bonds is 5. The molecule has 2 atom stereocenters. The van der Waals surface area contributed by atoms with Crippen LogP contribution in [0.25, 0.3) is 0 Å². The summed E-state index contributed by atoms with van der Waals surface area (Å²) in [5, 5.41) is 3.26. The summed E-state index contributed by atoms with van der Waals surface area (Å²) >= 11 is 3.52. The number of nitrogens with one attached hydrogen (secondary N) is 1. The maximum Gasteiger partial charge on any atom is 0.124 e. The van der Waals surface area contributed by atoms with Gasteiger partial charge >= 0.3 is 0 Å². The van der Waals surface area contributed by atoms with Crippen molar-refractivity contribution in [3.8, 4) is 5.75 Å². The van der Waals surface area contributed by atoms with E-state index in [2.05, 4.69) is 48.1 Å². The molecule has 0 saturated carbocycles. The van der Waals surface area contributed by atoms with Crippen LogP contribution in [0.1, 0.15) is 45.2 Å². The molecule has 1 saturated heterocycles. The van der Waals surface area contributed by atoms with Gasteiger partial charge in [-0.3, -0.25) is 0 Å². The topological polar surface area (TPSA) is 30.5 Å². The van der Waals surface area contributed by atoms with Gasteiger partial charge < -0.3 is 14.8 Å². The number of halogens is 1. The average Bonchev–Trinajstić information content (AvgIpc) is 2.76. The van der Waals surface area contributed by atoms with Gasteiger partial charge in [-0.2, -0.15) is 0 Å². The van der Waals surface area contributed by atoms with Crippen LogP contribution in [0.2, 0.25) is 0 Å². The first kappa shape index (κ1) is 15.8. The van der Waals surface area contributed by atoms with E-state index in [0.717, 1.165) is 23.1 Å². The molecule has 0 radical (unpaired) electrons. The van der Waals surface area contributed by atoms with Crippen LogP contribution in [0.5, 0.6) is 5.75 Å². The van der Waals surface area contributed by atoms with Crippen molar-refractivity contribution in [1.82, 2.24) is 5.32 Å². The average molecular weight is 342 g/mol. The second-order valence-corrected chi connectivity index (χ2v) is 6.96. The molecule has 1 aromatic carbocycles. The van der Waals surface area contributed by atoms with Gasteiger partial charge in [-0.15, -0.1) is 0 Å². The van der Waals surface area contributed by atoms with Crippen LogP contribution in [0.15, 0.2) is 22.7 Å². The van der Waals surface area contributed by atoms with Crippen molar-refractivity contribution < 1.29 is 9.47 Å². The molecular weight excluding hydrogens is 318 g/mol. The molecule has 1 aliphatic rings. The second-order valence-electron chi connectivity index (χ2n) is 6.04. The van der Waals surface area contributed by atoms with E-state index in [4.69, 9.17) is 9.47 Å². The molecule has 1 aliphatic heterocycles. The zero-order chi connectivity index (χ0) is 14.8. The van der Waals surface area contributed by atoms with Crippen LogP contribution >= 0.6 is 15.9 Å². The van der Waals surface area contributed by atoms with Crippen molar-refractivity contribution in [2.75, 3.05) is 13.7 Å². The number of benzene rings is 1. The molecule has 0 aliphatic carbocycles. The maximum absolute atomic E-state index is 6.01. The molecule has 1 heterocycles. The van der Waals surface area contributed by atoms with Gasteiger partial charge in [-0.1, -0.05) is 15.9 Å². The van der Waals surface area contributed by atoms with Gasteiger partial charge in [-0.25, -0.2) is 0 Å². The van der Waals surface area contributed by atoms with E-state index in [-0.39, 0.29) is 17.7 Å². The van der Waals surface area contributed by atoms with Crippen molar-refractivity contribution in [2.24, 2.45) is 0 Å². The predicted octanol–water partition coefficient (Wildman–Crippen LogP) is 4.07. The summed E-state index contributed by atoms with van der Waals surface area (Å²) in [6, 6.07) is 6.40. The Morgan fingerprint density at radius 1 is 1.50 bits per heavy atom. The highest BCUT2D eigenvalue weighted by Crippen LogP contribution is 2.32. The molecule has 2 rings (SSSR count). The number of hydrogen-bond donors (Lipinski definition) is 1. The lowest BCUT2D eigenvalue weighted by molar-refractivity contribution is -0.0328. The fraction of sp³-hybridized carbons (Fsp3) is 0.625. The molecule has 0 spiro atoms. The summed E-state index contributed by atoms with van der Waals surface area (Å²) in [6.07, 6.45) is 2.37. The smallest absolute Gasteiger partial charge is 0.124 e. The van der Waals surface area contributed by atoms with Crippen LogP contribution in [0.3, 0.4) is 0 Å². The number of hydrogen-bond acceptors (Lipinski definition) is 3. The van der Waals surface area contributed by atoms with Crippen LogP contribution in [-0.2, 0) is 4.74 Å². The van der Waals surface area contributed by atoms with E-state index >= 15 is 0 Å². The Balaban J connectivity index is 2.02. The molecule has 112 valence electrons. The Labute approximate surface area is 130 Å². The molecule has 2 unspecified atom stereocenters. The molecule has 0 amide bonds. The van der Waals surface area contributed by atoms with Crippen LogP contribution in [0, 0.1) is 0 Å². The summed E-state index contributed by atoms with van der Waals surface area (Å²) < 4.78 is 13.0. The fourth-order valence-electron chi connectivity index (χ4n) is 2.52. The van der Waals surface area contributed by atoms with Gasteiger partial charge in [0, 0.05) is 16.1 Å². The maximum atomic E-state index is 6.01. The van der Waals surface area contributed by atoms with Crippen LogP contribution < -0.4 is 10.1 Å². The van der Waals surface area contributed by atoms with E-state index in [0.29, 0.717) is 6.61 Å². The van der Waals surface area contributed by atoms with E-state index in [1.54, 1.807) is 0 Å². The highest BCUT2D eigenvalue weighted by molar-refractivity contribution is 9.10. The van der Waals surface area contributed by atoms with Gasteiger partial charge in [0.25, 0.3) is 0 Å². The van der Waals surface area contributed by atoms with E-state index in [9.17, 15) is 0 Å². The summed E-state index contributed by atoms with van der Waals surface area (Å²) in [7, 11) is 1.96. The van der Waals surface area contributed by atoms with Crippen molar-refractivity contribution in [3.05, 3.63) is 28.2 Å². The molecule has 0 bridgehead atoms. The Morgan fingerprint density at radius 2 is 2.25 bits per heavy atom. The molecule has 3 nitrogen and oxygen atoms in total. The van der Waals surface area contributed by atoms with E-state index < -0.39 is 0 Å². The summed E-state index contributed by atoms with van der Waals surface area (Å²) in [6.45, 7) is 7.03. The van der Waals surface area contributed by atoms with Gasteiger partial charge in [0.2, 0.25) is 0 Å². The lowest BCUT2D eigenvalue weighted by Crippen LogP contribution is -2.24. The Hall–Kier alpha value is -0.580. The lowest BCUT2D eigenvalue weighted by atomic mass is 10.1. The standard InChI is InChI=1S/C16H24BrNO2/c1-11(18-4)14-9-12(17)5-6-15(14)19-10-13-7-8-16(2,3)20-13/h5-6,9,11,13,18H,7-8,10H2,1-4H3. The Morgan fingerprint density at radius 3 is 2.85 bits per heavy atom. The largest absolute Gasteiger partial charge is 0.491 e. The Kier molecular flexibility index (Phi) is 5.10.